The van der Waals surface area contributed by atoms with Gasteiger partial charge in [0, 0.05) is 24.2 Å². The quantitative estimate of drug-likeness (QED) is 0.457. The smallest absolute Gasteiger partial charge is 0.308 e. The van der Waals surface area contributed by atoms with Crippen molar-refractivity contribution in [3.8, 4) is 0 Å². The van der Waals surface area contributed by atoms with Crippen LogP contribution < -0.4 is 0 Å². The molecular formula is C30H50O8. The van der Waals surface area contributed by atoms with Crippen molar-refractivity contribution in [1.82, 2.24) is 0 Å². The van der Waals surface area contributed by atoms with Gasteiger partial charge in [-0.05, 0) is 45.6 Å². The number of ether oxygens (including phenoxy) is 3. The lowest BCUT2D eigenvalue weighted by molar-refractivity contribution is -0.294. The zero-order valence-corrected chi connectivity index (χ0v) is 24.4. The number of aliphatic hydroxyl groups is 3. The van der Waals surface area contributed by atoms with Gasteiger partial charge < -0.3 is 29.5 Å². The fourth-order valence-corrected chi connectivity index (χ4v) is 5.66. The van der Waals surface area contributed by atoms with Crippen LogP contribution in [0.1, 0.15) is 87.5 Å². The highest BCUT2D eigenvalue weighted by molar-refractivity contribution is 5.91. The molecule has 2 heterocycles. The zero-order valence-electron chi connectivity index (χ0n) is 24.4. The highest BCUT2D eigenvalue weighted by Crippen LogP contribution is 2.35. The summed E-state index contributed by atoms with van der Waals surface area (Å²) in [6.45, 7) is 14.8. The lowest BCUT2D eigenvalue weighted by atomic mass is 9.79. The Bertz CT molecular complexity index is 849. The van der Waals surface area contributed by atoms with Gasteiger partial charge in [0.25, 0.3) is 0 Å². The van der Waals surface area contributed by atoms with Gasteiger partial charge in [-0.15, -0.1) is 0 Å². The number of ketones is 1. The molecule has 0 bridgehead atoms. The summed E-state index contributed by atoms with van der Waals surface area (Å²) in [5, 5.41) is 32.2. The maximum Gasteiger partial charge on any atom is 0.308 e. The van der Waals surface area contributed by atoms with Crippen molar-refractivity contribution >= 4 is 11.8 Å². The first-order valence-corrected chi connectivity index (χ1v) is 14.2. The molecule has 2 aliphatic rings. The third kappa shape index (κ3) is 8.71. The van der Waals surface area contributed by atoms with Crippen LogP contribution in [-0.4, -0.2) is 69.5 Å². The minimum absolute atomic E-state index is 0.00922. The molecule has 218 valence electrons. The van der Waals surface area contributed by atoms with Gasteiger partial charge in [-0.25, -0.2) is 0 Å². The first kappa shape index (κ1) is 32.6. The molecule has 2 aliphatic heterocycles. The molecule has 0 aromatic heterocycles. The van der Waals surface area contributed by atoms with E-state index >= 15 is 0 Å². The molecule has 0 radical (unpaired) electrons. The Labute approximate surface area is 228 Å². The van der Waals surface area contributed by atoms with Crippen LogP contribution in [0.3, 0.4) is 0 Å². The number of carbonyl (C=O) groups excluding carboxylic acids is 2. The van der Waals surface area contributed by atoms with Crippen LogP contribution in [0.4, 0.5) is 0 Å². The van der Waals surface area contributed by atoms with E-state index in [1.54, 1.807) is 19.9 Å². The summed E-state index contributed by atoms with van der Waals surface area (Å²) in [4.78, 5) is 25.9. The molecule has 0 aromatic rings. The number of hydrogen-bond acceptors (Lipinski definition) is 8. The molecule has 0 spiro atoms. The molecule has 1 fully saturated rings. The van der Waals surface area contributed by atoms with E-state index in [-0.39, 0.29) is 42.5 Å². The van der Waals surface area contributed by atoms with Gasteiger partial charge in [0.1, 0.15) is 12.2 Å². The topological polar surface area (TPSA) is 123 Å². The van der Waals surface area contributed by atoms with E-state index in [2.05, 4.69) is 0 Å². The van der Waals surface area contributed by atoms with Gasteiger partial charge in [-0.1, -0.05) is 58.8 Å². The Morgan fingerprint density at radius 1 is 1.08 bits per heavy atom. The predicted octanol–water partition coefficient (Wildman–Crippen LogP) is 4.10. The molecule has 11 atom stereocenters. The van der Waals surface area contributed by atoms with Crippen molar-refractivity contribution < 1.29 is 39.1 Å². The molecule has 8 nitrogen and oxygen atoms in total. The van der Waals surface area contributed by atoms with Crippen molar-refractivity contribution in [1.29, 1.82) is 0 Å². The Morgan fingerprint density at radius 3 is 2.32 bits per heavy atom. The Morgan fingerprint density at radius 2 is 1.74 bits per heavy atom. The highest BCUT2D eigenvalue weighted by atomic mass is 16.7. The van der Waals surface area contributed by atoms with Crippen LogP contribution >= 0.6 is 0 Å². The number of esters is 1. The molecule has 8 heteroatoms. The second kappa shape index (κ2) is 14.2. The number of rotatable bonds is 4. The molecule has 0 saturated carbocycles. The summed E-state index contributed by atoms with van der Waals surface area (Å²) >= 11 is 0. The number of aliphatic hydroxyl groups excluding tert-OH is 2. The van der Waals surface area contributed by atoms with Crippen LogP contribution in [0.2, 0.25) is 0 Å². The standard InChI is InChI=1S/C30H50O8/c1-9-22-14-18(4)23(31)12-11-17(3)13-19(5)25(10-2)37-26(33)15-24(32)20(6)28(22)38-27-16-30(8,35)29(34)21(7)36-27/h11-13,18-22,24-25,27-29,32,34-35H,9-10,14-16H2,1-8H3/t18-,19-,20+,21+,22+,24-,25-,27+,28-,29+,30-/m1/s1. The maximum absolute atomic E-state index is 13.0. The lowest BCUT2D eigenvalue weighted by Crippen LogP contribution is -2.56. The van der Waals surface area contributed by atoms with Crippen LogP contribution in [0.15, 0.2) is 23.8 Å². The predicted molar refractivity (Wildman–Crippen MR) is 145 cm³/mol. The normalized spacial score (nSPS) is 42.4. The third-order valence-electron chi connectivity index (χ3n) is 8.28. The van der Waals surface area contributed by atoms with Crippen LogP contribution in [0.25, 0.3) is 0 Å². The maximum atomic E-state index is 13.0. The SMILES string of the molecule is CC[C@H]1C[C@@H](C)C(=O)C=CC(C)=C[C@@H](C)[C@@H](CC)OC(=O)C[C@@H](O)[C@H](C)[C@H]1O[C@H]1C[C@@](C)(O)[C@@H](O)[C@H](C)O1. The van der Waals surface area contributed by atoms with Crippen LogP contribution in [0, 0.1) is 23.7 Å². The van der Waals surface area contributed by atoms with Crippen molar-refractivity contribution in [2.75, 3.05) is 0 Å². The van der Waals surface area contributed by atoms with Crippen molar-refractivity contribution in [3.05, 3.63) is 23.8 Å². The van der Waals surface area contributed by atoms with E-state index in [1.165, 1.54) is 0 Å². The van der Waals surface area contributed by atoms with Gasteiger partial charge in [0.15, 0.2) is 12.1 Å². The average Bonchev–Trinajstić information content (AvgIpc) is 2.84. The molecule has 2 rings (SSSR count). The summed E-state index contributed by atoms with van der Waals surface area (Å²) in [7, 11) is 0. The van der Waals surface area contributed by atoms with E-state index in [9.17, 15) is 24.9 Å². The summed E-state index contributed by atoms with van der Waals surface area (Å²) in [6, 6.07) is 0. The molecule has 0 amide bonds. The highest BCUT2D eigenvalue weighted by Gasteiger charge is 2.45. The fourth-order valence-electron chi connectivity index (χ4n) is 5.66. The molecule has 0 aromatic carbocycles. The molecule has 0 aliphatic carbocycles. The molecular weight excluding hydrogens is 488 g/mol. The summed E-state index contributed by atoms with van der Waals surface area (Å²) in [5.41, 5.74) is -0.487. The summed E-state index contributed by atoms with van der Waals surface area (Å²) in [6.07, 6.45) is 2.59. The second-order valence-corrected chi connectivity index (χ2v) is 11.8. The first-order chi connectivity index (χ1) is 17.7. The molecule has 1 saturated heterocycles. The molecule has 3 N–H and O–H groups in total. The van der Waals surface area contributed by atoms with Gasteiger partial charge in [0.2, 0.25) is 0 Å². The van der Waals surface area contributed by atoms with Crippen LogP contribution in [-0.2, 0) is 23.8 Å². The van der Waals surface area contributed by atoms with E-state index < -0.39 is 48.2 Å². The number of carbonyl (C=O) groups is 2. The number of allylic oxidation sites excluding steroid dienone is 3. The van der Waals surface area contributed by atoms with Crippen molar-refractivity contribution in [3.63, 3.8) is 0 Å². The van der Waals surface area contributed by atoms with Crippen molar-refractivity contribution in [2.24, 2.45) is 23.7 Å². The van der Waals surface area contributed by atoms with E-state index in [1.807, 2.05) is 53.7 Å². The minimum atomic E-state index is -1.40. The zero-order chi connectivity index (χ0) is 28.8. The van der Waals surface area contributed by atoms with Crippen molar-refractivity contribution in [2.45, 2.75) is 130 Å². The third-order valence-corrected chi connectivity index (χ3v) is 8.28. The van der Waals surface area contributed by atoms with Gasteiger partial charge in [-0.3, -0.25) is 9.59 Å². The Hall–Kier alpha value is -1.58. The first-order valence-electron chi connectivity index (χ1n) is 14.2. The second-order valence-electron chi connectivity index (χ2n) is 11.8. The summed E-state index contributed by atoms with van der Waals surface area (Å²) in [5.74, 6) is -1.43. The number of hydrogen-bond donors (Lipinski definition) is 3. The Kier molecular flexibility index (Phi) is 12.2. The van der Waals surface area contributed by atoms with Gasteiger partial charge in [-0.2, -0.15) is 0 Å². The van der Waals surface area contributed by atoms with E-state index in [4.69, 9.17) is 14.2 Å². The minimum Gasteiger partial charge on any atom is -0.462 e. The fraction of sp³-hybridized carbons (Fsp3) is 0.800. The number of cyclic esters (lactones) is 1. The summed E-state index contributed by atoms with van der Waals surface area (Å²) < 4.78 is 18.1. The Balaban J connectivity index is 2.41. The average molecular weight is 539 g/mol. The van der Waals surface area contributed by atoms with Gasteiger partial charge in [0.05, 0.1) is 30.3 Å². The largest absolute Gasteiger partial charge is 0.462 e. The van der Waals surface area contributed by atoms with E-state index in [0.717, 1.165) is 5.57 Å². The molecule has 38 heavy (non-hydrogen) atoms. The monoisotopic (exact) mass is 538 g/mol. The lowest BCUT2D eigenvalue weighted by Gasteiger charge is -2.44. The van der Waals surface area contributed by atoms with Crippen LogP contribution in [0.5, 0.6) is 0 Å². The van der Waals surface area contributed by atoms with E-state index in [0.29, 0.717) is 19.3 Å². The van der Waals surface area contributed by atoms with Gasteiger partial charge >= 0.3 is 5.97 Å². The molecule has 0 unspecified atom stereocenters.